The van der Waals surface area contributed by atoms with Crippen LogP contribution in [0.4, 0.5) is 4.79 Å². The van der Waals surface area contributed by atoms with Crippen molar-refractivity contribution in [1.29, 1.82) is 0 Å². The first kappa shape index (κ1) is 32.2. The maximum Gasteiger partial charge on any atom is 0.316 e. The molecule has 0 saturated carbocycles. The lowest BCUT2D eigenvalue weighted by molar-refractivity contribution is 0.236. The zero-order valence-electron chi connectivity index (χ0n) is 22.7. The third-order valence-electron chi connectivity index (χ3n) is 6.75. The van der Waals surface area contributed by atoms with Crippen molar-refractivity contribution in [3.05, 3.63) is 0 Å². The molecule has 198 valence electrons. The molecule has 0 heterocycles. The predicted molar refractivity (Wildman–Crippen MR) is 147 cm³/mol. The van der Waals surface area contributed by atoms with Crippen molar-refractivity contribution in [3.63, 3.8) is 0 Å². The van der Waals surface area contributed by atoms with Gasteiger partial charge in [0.25, 0.3) is 0 Å². The number of nitrogens with two attached hydrogens (primary N) is 1. The highest BCUT2D eigenvalue weighted by atomic mass is 16.2. The molecule has 0 bridgehead atoms. The van der Waals surface area contributed by atoms with Gasteiger partial charge in [-0.1, -0.05) is 155 Å². The third kappa shape index (κ3) is 27.4. The van der Waals surface area contributed by atoms with Gasteiger partial charge in [0.1, 0.15) is 0 Å². The van der Waals surface area contributed by atoms with Gasteiger partial charge in [-0.25, -0.2) is 4.79 Å². The highest BCUT2D eigenvalue weighted by Crippen LogP contribution is 2.13. The molecule has 0 aromatic heterocycles. The quantitative estimate of drug-likeness (QED) is 0.0877. The fourth-order valence-corrected chi connectivity index (χ4v) is 4.49. The first-order valence-electron chi connectivity index (χ1n) is 15.0. The average molecular weight is 468 g/mol. The second kappa shape index (κ2) is 27.5. The number of nitrogens with one attached hydrogen (secondary N) is 2. The first-order chi connectivity index (χ1) is 16.2. The summed E-state index contributed by atoms with van der Waals surface area (Å²) in [6.07, 6.45) is 31.5. The SMILES string of the molecule is CCCCCCCCCCCCCCCCCCNC(=O)NC(N)CCCCCCCCC. The standard InChI is InChI=1S/C29H61N3O/c1-3-5-7-9-11-12-13-14-15-16-17-18-19-21-23-25-27-31-29(33)32-28(30)26-24-22-20-10-8-6-4-2/h28H,3-27,30H2,1-2H3,(H2,31,32,33). The molecule has 0 aliphatic rings. The van der Waals surface area contributed by atoms with Gasteiger partial charge in [0, 0.05) is 6.54 Å². The van der Waals surface area contributed by atoms with Crippen LogP contribution in [0.15, 0.2) is 0 Å². The van der Waals surface area contributed by atoms with Gasteiger partial charge >= 0.3 is 6.03 Å². The van der Waals surface area contributed by atoms with Crippen LogP contribution in [-0.4, -0.2) is 18.7 Å². The first-order valence-corrected chi connectivity index (χ1v) is 15.0. The fourth-order valence-electron chi connectivity index (χ4n) is 4.49. The van der Waals surface area contributed by atoms with Crippen molar-refractivity contribution in [2.75, 3.05) is 6.54 Å². The Labute approximate surface area is 208 Å². The van der Waals surface area contributed by atoms with Crippen molar-refractivity contribution in [3.8, 4) is 0 Å². The minimum atomic E-state index is -0.216. The second-order valence-electron chi connectivity index (χ2n) is 10.2. The fraction of sp³-hybridized carbons (Fsp3) is 0.966. The smallest absolute Gasteiger partial charge is 0.316 e. The molecule has 0 rings (SSSR count). The van der Waals surface area contributed by atoms with E-state index in [1.165, 1.54) is 135 Å². The lowest BCUT2D eigenvalue weighted by Crippen LogP contribution is -2.46. The Kier molecular flexibility index (Phi) is 26.8. The van der Waals surface area contributed by atoms with Crippen molar-refractivity contribution in [2.24, 2.45) is 5.73 Å². The summed E-state index contributed by atoms with van der Waals surface area (Å²) in [6.45, 7) is 5.29. The molecule has 0 fully saturated rings. The summed E-state index contributed by atoms with van der Waals surface area (Å²) >= 11 is 0. The van der Waals surface area contributed by atoms with E-state index >= 15 is 0 Å². The van der Waals surface area contributed by atoms with Gasteiger partial charge in [-0.2, -0.15) is 0 Å². The number of carbonyl (C=O) groups is 1. The summed E-state index contributed by atoms with van der Waals surface area (Å²) in [6, 6.07) is -0.105. The monoisotopic (exact) mass is 467 g/mol. The van der Waals surface area contributed by atoms with Gasteiger partial charge < -0.3 is 16.4 Å². The zero-order chi connectivity index (χ0) is 24.2. The van der Waals surface area contributed by atoms with Gasteiger partial charge in [-0.15, -0.1) is 0 Å². The second-order valence-corrected chi connectivity index (χ2v) is 10.2. The van der Waals surface area contributed by atoms with E-state index in [9.17, 15) is 4.79 Å². The van der Waals surface area contributed by atoms with Crippen LogP contribution in [0.1, 0.15) is 168 Å². The molecule has 4 heteroatoms. The van der Waals surface area contributed by atoms with Gasteiger partial charge in [0.2, 0.25) is 0 Å². The molecule has 4 N–H and O–H groups in total. The zero-order valence-corrected chi connectivity index (χ0v) is 22.7. The Hall–Kier alpha value is -0.770. The summed E-state index contributed by atoms with van der Waals surface area (Å²) in [4.78, 5) is 11.9. The predicted octanol–water partition coefficient (Wildman–Crippen LogP) is 8.97. The maximum absolute atomic E-state index is 11.9. The van der Waals surface area contributed by atoms with Crippen LogP contribution in [-0.2, 0) is 0 Å². The summed E-state index contributed by atoms with van der Waals surface area (Å²) < 4.78 is 0. The molecule has 0 radical (unpaired) electrons. The number of carbonyl (C=O) groups excluding carboxylic acids is 1. The minimum absolute atomic E-state index is 0.105. The largest absolute Gasteiger partial charge is 0.338 e. The van der Waals surface area contributed by atoms with Crippen LogP contribution in [0.3, 0.4) is 0 Å². The van der Waals surface area contributed by atoms with Crippen LogP contribution in [0.2, 0.25) is 0 Å². The van der Waals surface area contributed by atoms with Crippen molar-refractivity contribution in [2.45, 2.75) is 174 Å². The van der Waals surface area contributed by atoms with E-state index < -0.39 is 0 Å². The lowest BCUT2D eigenvalue weighted by atomic mass is 10.0. The average Bonchev–Trinajstić information content (AvgIpc) is 2.80. The summed E-state index contributed by atoms with van der Waals surface area (Å²) in [5, 5.41) is 5.83. The van der Waals surface area contributed by atoms with Gasteiger partial charge in [0.05, 0.1) is 6.17 Å². The number of urea groups is 1. The molecule has 2 amide bonds. The van der Waals surface area contributed by atoms with Gasteiger partial charge in [-0.3, -0.25) is 0 Å². The van der Waals surface area contributed by atoms with Crippen molar-refractivity contribution in [1.82, 2.24) is 10.6 Å². The Balaban J connectivity index is 3.24. The normalized spacial score (nSPS) is 12.1. The molecular formula is C29H61N3O. The summed E-state index contributed by atoms with van der Waals surface area (Å²) in [5.41, 5.74) is 6.03. The van der Waals surface area contributed by atoms with Crippen molar-refractivity contribution >= 4 is 6.03 Å². The molecule has 33 heavy (non-hydrogen) atoms. The Bertz CT molecular complexity index is 389. The lowest BCUT2D eigenvalue weighted by Gasteiger charge is -2.14. The molecule has 0 saturated heterocycles. The maximum atomic E-state index is 11.9. The van der Waals surface area contributed by atoms with E-state index in [1.54, 1.807) is 0 Å². The Morgan fingerprint density at radius 1 is 0.545 bits per heavy atom. The Morgan fingerprint density at radius 3 is 1.27 bits per heavy atom. The number of hydrogen-bond acceptors (Lipinski definition) is 2. The molecule has 0 spiro atoms. The molecule has 0 aromatic rings. The van der Waals surface area contributed by atoms with Crippen LogP contribution < -0.4 is 16.4 Å². The van der Waals surface area contributed by atoms with E-state index in [2.05, 4.69) is 24.5 Å². The topological polar surface area (TPSA) is 67.2 Å². The van der Waals surface area contributed by atoms with E-state index in [0.717, 1.165) is 25.8 Å². The van der Waals surface area contributed by atoms with E-state index in [-0.39, 0.29) is 12.2 Å². The molecule has 1 unspecified atom stereocenters. The van der Waals surface area contributed by atoms with E-state index in [0.29, 0.717) is 0 Å². The molecule has 0 aliphatic heterocycles. The van der Waals surface area contributed by atoms with Gasteiger partial charge in [-0.05, 0) is 12.8 Å². The minimum Gasteiger partial charge on any atom is -0.338 e. The molecule has 1 atom stereocenters. The molecule has 0 aromatic carbocycles. The number of hydrogen-bond donors (Lipinski definition) is 3. The number of rotatable bonds is 26. The highest BCUT2D eigenvalue weighted by Gasteiger charge is 2.06. The van der Waals surface area contributed by atoms with Crippen LogP contribution in [0.25, 0.3) is 0 Å². The molecule has 4 nitrogen and oxygen atoms in total. The highest BCUT2D eigenvalue weighted by molar-refractivity contribution is 5.74. The van der Waals surface area contributed by atoms with Gasteiger partial charge in [0.15, 0.2) is 0 Å². The Morgan fingerprint density at radius 2 is 0.879 bits per heavy atom. The molecule has 0 aliphatic carbocycles. The summed E-state index contributed by atoms with van der Waals surface area (Å²) in [5.74, 6) is 0. The van der Waals surface area contributed by atoms with Crippen LogP contribution in [0.5, 0.6) is 0 Å². The summed E-state index contributed by atoms with van der Waals surface area (Å²) in [7, 11) is 0. The molecular weight excluding hydrogens is 406 g/mol. The van der Waals surface area contributed by atoms with E-state index in [1.807, 2.05) is 0 Å². The van der Waals surface area contributed by atoms with E-state index in [4.69, 9.17) is 5.73 Å². The van der Waals surface area contributed by atoms with Crippen molar-refractivity contribution < 1.29 is 4.79 Å². The van der Waals surface area contributed by atoms with Crippen LogP contribution >= 0.6 is 0 Å². The third-order valence-corrected chi connectivity index (χ3v) is 6.75. The van der Waals surface area contributed by atoms with Crippen LogP contribution in [0, 0.1) is 0 Å². The number of amides is 2. The number of unbranched alkanes of at least 4 members (excludes halogenated alkanes) is 21.